The highest BCUT2D eigenvalue weighted by Crippen LogP contribution is 2.75. The van der Waals surface area contributed by atoms with Gasteiger partial charge in [0.2, 0.25) is 0 Å². The van der Waals surface area contributed by atoms with Gasteiger partial charge in [0.25, 0.3) is 0 Å². The lowest BCUT2D eigenvalue weighted by atomic mass is 9.98. The summed E-state index contributed by atoms with van der Waals surface area (Å²) in [6.07, 6.45) is -0.328. The molecule has 4 rings (SSSR count). The third kappa shape index (κ3) is 3.13. The summed E-state index contributed by atoms with van der Waals surface area (Å²) in [7, 11) is -0.929. The normalized spacial score (nSPS) is 26.5. The molecule has 1 fully saturated rings. The van der Waals surface area contributed by atoms with Gasteiger partial charge in [0.15, 0.2) is 6.29 Å². The largest absolute Gasteiger partial charge is 0.333 e. The highest BCUT2D eigenvalue weighted by molar-refractivity contribution is 7.55. The van der Waals surface area contributed by atoms with Crippen LogP contribution < -0.4 is 0 Å². The Hall–Kier alpha value is -1.73. The lowest BCUT2D eigenvalue weighted by molar-refractivity contribution is -0.0508. The summed E-state index contributed by atoms with van der Waals surface area (Å²) in [6, 6.07) is 17.0. The van der Waals surface area contributed by atoms with Gasteiger partial charge < -0.3 is 9.26 Å². The summed E-state index contributed by atoms with van der Waals surface area (Å²) < 4.78 is 13.6. The van der Waals surface area contributed by atoms with E-state index in [0.29, 0.717) is 0 Å². The van der Waals surface area contributed by atoms with Crippen molar-refractivity contribution in [1.82, 2.24) is 0 Å². The minimum Gasteiger partial charge on any atom is -0.333 e. The monoisotopic (exact) mass is 406 g/mol. The fourth-order valence-corrected chi connectivity index (χ4v) is 7.56. The van der Waals surface area contributed by atoms with Gasteiger partial charge in [0, 0.05) is 5.56 Å². The van der Waals surface area contributed by atoms with Crippen LogP contribution >= 0.6 is 8.15 Å². The van der Waals surface area contributed by atoms with Crippen LogP contribution in [-0.2, 0) is 9.26 Å². The second-order valence-corrected chi connectivity index (χ2v) is 10.8. The van der Waals surface area contributed by atoms with E-state index in [-0.39, 0.29) is 17.3 Å². The Balaban J connectivity index is 1.84. The molecule has 1 aliphatic heterocycles. The lowest BCUT2D eigenvalue weighted by Crippen LogP contribution is -2.25. The predicted octanol–water partition coefficient (Wildman–Crippen LogP) is 7.89. The van der Waals surface area contributed by atoms with E-state index >= 15 is 0 Å². The van der Waals surface area contributed by atoms with Crippen LogP contribution in [0, 0.1) is 13.8 Å². The Labute approximate surface area is 176 Å². The van der Waals surface area contributed by atoms with Crippen molar-refractivity contribution in [3.05, 3.63) is 93.1 Å². The van der Waals surface area contributed by atoms with Crippen molar-refractivity contribution in [2.45, 2.75) is 65.8 Å². The standard InChI is InChI=1S/C26H31O2P/c1-16-12-8-10-14-22(16)24-27-25(23-15-11-9-13-17(23)2)29(28-24)26(7)20(5)18(3)19(4)21(26)6/h8-15,24-25H,1-7H3. The Bertz CT molecular complexity index is 993. The average molecular weight is 407 g/mol. The molecule has 0 radical (unpaired) electrons. The van der Waals surface area contributed by atoms with Gasteiger partial charge in [-0.3, -0.25) is 0 Å². The van der Waals surface area contributed by atoms with Gasteiger partial charge in [-0.1, -0.05) is 59.7 Å². The third-order valence-corrected chi connectivity index (χ3v) is 9.96. The molecule has 0 aromatic heterocycles. The number of hydrogen-bond donors (Lipinski definition) is 0. The zero-order valence-corrected chi connectivity index (χ0v) is 19.4. The Kier molecular flexibility index (Phi) is 5.32. The maximum atomic E-state index is 6.85. The second-order valence-electron chi connectivity index (χ2n) is 8.54. The molecule has 152 valence electrons. The van der Waals surface area contributed by atoms with Gasteiger partial charge >= 0.3 is 0 Å². The van der Waals surface area contributed by atoms with Gasteiger partial charge in [0.05, 0.1) is 13.3 Å². The van der Waals surface area contributed by atoms with E-state index in [1.165, 1.54) is 39.0 Å². The highest BCUT2D eigenvalue weighted by atomic mass is 31.1. The molecule has 2 aliphatic rings. The third-order valence-electron chi connectivity index (χ3n) is 7.16. The molecule has 0 amide bonds. The number of ether oxygens (including phenoxy) is 1. The first-order valence-electron chi connectivity index (χ1n) is 10.4. The van der Waals surface area contributed by atoms with Gasteiger partial charge in [-0.05, 0) is 76.3 Å². The van der Waals surface area contributed by atoms with Crippen LogP contribution in [0.4, 0.5) is 0 Å². The molecule has 2 aromatic rings. The van der Waals surface area contributed by atoms with Crippen molar-refractivity contribution in [1.29, 1.82) is 0 Å². The molecule has 29 heavy (non-hydrogen) atoms. The first kappa shape index (κ1) is 20.5. The van der Waals surface area contributed by atoms with E-state index < -0.39 is 8.15 Å². The maximum absolute atomic E-state index is 6.85. The molecule has 1 saturated heterocycles. The first-order chi connectivity index (χ1) is 13.8. The van der Waals surface area contributed by atoms with Crippen LogP contribution in [0.15, 0.2) is 70.8 Å². The predicted molar refractivity (Wildman–Crippen MR) is 122 cm³/mol. The van der Waals surface area contributed by atoms with Gasteiger partial charge in [-0.15, -0.1) is 0 Å². The Morgan fingerprint density at radius 2 is 1.21 bits per heavy atom. The fourth-order valence-electron chi connectivity index (χ4n) is 4.64. The second kappa shape index (κ2) is 7.51. The minimum absolute atomic E-state index is 0.0515. The highest BCUT2D eigenvalue weighted by Gasteiger charge is 2.53. The van der Waals surface area contributed by atoms with E-state index in [1.54, 1.807) is 0 Å². The van der Waals surface area contributed by atoms with Crippen molar-refractivity contribution in [3.63, 3.8) is 0 Å². The number of allylic oxidation sites excluding steroid dienone is 4. The average Bonchev–Trinajstić information content (AvgIpc) is 3.21. The number of rotatable bonds is 3. The van der Waals surface area contributed by atoms with Gasteiger partial charge in [-0.25, -0.2) is 0 Å². The zero-order chi connectivity index (χ0) is 20.9. The molecular formula is C26H31O2P. The smallest absolute Gasteiger partial charge is 0.189 e. The van der Waals surface area contributed by atoms with Crippen molar-refractivity contribution >= 4 is 8.15 Å². The van der Waals surface area contributed by atoms with Crippen molar-refractivity contribution in [2.24, 2.45) is 0 Å². The molecule has 3 unspecified atom stereocenters. The summed E-state index contributed by atoms with van der Waals surface area (Å²) in [5.41, 5.74) is 10.5. The van der Waals surface area contributed by atoms with Crippen LogP contribution in [0.5, 0.6) is 0 Å². The van der Waals surface area contributed by atoms with Crippen LogP contribution in [0.3, 0.4) is 0 Å². The van der Waals surface area contributed by atoms with Gasteiger partial charge in [0.1, 0.15) is 5.85 Å². The number of aryl methyl sites for hydroxylation is 2. The summed E-state index contributed by atoms with van der Waals surface area (Å²) in [6.45, 7) is 15.7. The fraction of sp³-hybridized carbons (Fsp3) is 0.385. The van der Waals surface area contributed by atoms with E-state index in [4.69, 9.17) is 9.26 Å². The molecule has 0 spiro atoms. The number of hydrogen-bond acceptors (Lipinski definition) is 2. The molecule has 3 atom stereocenters. The quantitative estimate of drug-likeness (QED) is 0.483. The topological polar surface area (TPSA) is 18.5 Å². The molecule has 1 heterocycles. The zero-order valence-electron chi connectivity index (χ0n) is 18.5. The van der Waals surface area contributed by atoms with E-state index in [2.05, 4.69) is 97.0 Å². The van der Waals surface area contributed by atoms with Crippen molar-refractivity contribution in [3.8, 4) is 0 Å². The first-order valence-corrected chi connectivity index (χ1v) is 11.7. The lowest BCUT2D eigenvalue weighted by Gasteiger charge is -2.37. The Morgan fingerprint density at radius 3 is 1.72 bits per heavy atom. The SMILES string of the molecule is CC1=C(C)C(C)(P2OC(c3ccccc3C)OC2c2ccccc2C)C(C)=C1C. The molecule has 2 nitrogen and oxygen atoms in total. The van der Waals surface area contributed by atoms with E-state index in [1.807, 2.05) is 0 Å². The van der Waals surface area contributed by atoms with Gasteiger partial charge in [-0.2, -0.15) is 0 Å². The van der Waals surface area contributed by atoms with E-state index in [9.17, 15) is 0 Å². The van der Waals surface area contributed by atoms with E-state index in [0.717, 1.165) is 5.56 Å². The van der Waals surface area contributed by atoms with Crippen LogP contribution in [0.25, 0.3) is 0 Å². The van der Waals surface area contributed by atoms with Crippen LogP contribution in [-0.4, -0.2) is 5.16 Å². The maximum Gasteiger partial charge on any atom is 0.189 e. The van der Waals surface area contributed by atoms with Crippen molar-refractivity contribution in [2.75, 3.05) is 0 Å². The minimum atomic E-state index is -0.929. The van der Waals surface area contributed by atoms with Crippen molar-refractivity contribution < 1.29 is 9.26 Å². The Morgan fingerprint density at radius 1 is 0.724 bits per heavy atom. The molecular weight excluding hydrogens is 375 g/mol. The molecule has 0 N–H and O–H groups in total. The molecule has 1 aliphatic carbocycles. The summed E-state index contributed by atoms with van der Waals surface area (Å²) in [5, 5.41) is -0.117. The summed E-state index contributed by atoms with van der Waals surface area (Å²) >= 11 is 0. The van der Waals surface area contributed by atoms with Crippen LogP contribution in [0.1, 0.15) is 69.0 Å². The van der Waals surface area contributed by atoms with Crippen LogP contribution in [0.2, 0.25) is 0 Å². The number of benzene rings is 2. The molecule has 3 heteroatoms. The molecule has 0 bridgehead atoms. The molecule has 2 aromatic carbocycles. The molecule has 0 saturated carbocycles. The summed E-state index contributed by atoms with van der Waals surface area (Å²) in [5.74, 6) is -0.0515. The summed E-state index contributed by atoms with van der Waals surface area (Å²) in [4.78, 5) is 0.